The Labute approximate surface area is 152 Å². The zero-order valence-electron chi connectivity index (χ0n) is 14.9. The molecule has 2 bridgehead atoms. The van der Waals surface area contributed by atoms with Gasteiger partial charge in [-0.2, -0.15) is 0 Å². The Kier molecular flexibility index (Phi) is 4.50. The van der Waals surface area contributed by atoms with E-state index in [4.69, 9.17) is 14.9 Å². The van der Waals surface area contributed by atoms with Gasteiger partial charge in [-0.1, -0.05) is 6.42 Å². The summed E-state index contributed by atoms with van der Waals surface area (Å²) >= 11 is 0. The smallest absolute Gasteiger partial charge is 0.267 e. The van der Waals surface area contributed by atoms with Crippen molar-refractivity contribution in [3.05, 3.63) is 47.9 Å². The first-order valence-corrected chi connectivity index (χ1v) is 9.05. The van der Waals surface area contributed by atoms with Crippen LogP contribution in [0.2, 0.25) is 0 Å². The number of aromatic nitrogens is 2. The number of hydrogen-bond donors (Lipinski definition) is 1. The minimum Gasteiger partial charge on any atom is -0.448 e. The van der Waals surface area contributed by atoms with Crippen LogP contribution in [0.1, 0.15) is 41.2 Å². The highest BCUT2D eigenvalue weighted by molar-refractivity contribution is 5.90. The number of ether oxygens (including phenoxy) is 1. The van der Waals surface area contributed by atoms with Crippen LogP contribution < -0.4 is 5.73 Å². The number of methoxy groups -OCH3 is 1. The van der Waals surface area contributed by atoms with E-state index in [0.717, 1.165) is 37.4 Å². The molecule has 0 spiro atoms. The second-order valence-electron chi connectivity index (χ2n) is 7.24. The predicted octanol–water partition coefficient (Wildman–Crippen LogP) is 1.94. The molecule has 1 amide bonds. The second-order valence-corrected chi connectivity index (χ2v) is 7.24. The van der Waals surface area contributed by atoms with E-state index in [1.807, 2.05) is 6.07 Å². The van der Waals surface area contributed by atoms with Gasteiger partial charge in [0.05, 0.1) is 12.7 Å². The minimum absolute atomic E-state index is 0.291. The lowest BCUT2D eigenvalue weighted by Crippen LogP contribution is -2.58. The van der Waals surface area contributed by atoms with Crippen LogP contribution in [-0.2, 0) is 16.9 Å². The molecule has 0 aromatic carbocycles. The molecule has 2 atom stereocenters. The fourth-order valence-corrected chi connectivity index (χ4v) is 4.91. The third kappa shape index (κ3) is 2.81. The Balaban J connectivity index is 1.66. The van der Waals surface area contributed by atoms with Gasteiger partial charge in [0.1, 0.15) is 17.6 Å². The lowest BCUT2D eigenvalue weighted by atomic mass is 9.62. The van der Waals surface area contributed by atoms with Crippen LogP contribution in [0, 0.1) is 11.8 Å². The maximum atomic E-state index is 11.6. The fraction of sp³-hybridized carbons (Fsp3) is 0.526. The van der Waals surface area contributed by atoms with Gasteiger partial charge < -0.3 is 14.9 Å². The van der Waals surface area contributed by atoms with E-state index in [-0.39, 0.29) is 0 Å². The van der Waals surface area contributed by atoms with E-state index < -0.39 is 11.5 Å². The SMILES string of the molecule is COC1(c2ccnc(C(N)=O)c2)C2CCCC1CN(Cc1ncco1)C2. The molecule has 138 valence electrons. The zero-order chi connectivity index (χ0) is 18.1. The van der Waals surface area contributed by atoms with E-state index in [2.05, 4.69) is 14.9 Å². The molecule has 1 saturated heterocycles. The van der Waals surface area contributed by atoms with Crippen molar-refractivity contribution in [1.82, 2.24) is 14.9 Å². The summed E-state index contributed by atoms with van der Waals surface area (Å²) in [5.74, 6) is 0.897. The maximum Gasteiger partial charge on any atom is 0.267 e. The molecule has 2 aromatic heterocycles. The van der Waals surface area contributed by atoms with Gasteiger partial charge in [-0.25, -0.2) is 4.98 Å². The molecular weight excluding hydrogens is 332 g/mol. The van der Waals surface area contributed by atoms with Gasteiger partial charge in [-0.15, -0.1) is 0 Å². The summed E-state index contributed by atoms with van der Waals surface area (Å²) in [7, 11) is 1.78. The van der Waals surface area contributed by atoms with Gasteiger partial charge in [-0.3, -0.25) is 14.7 Å². The number of fused-ring (bicyclic) bond motifs is 2. The van der Waals surface area contributed by atoms with Gasteiger partial charge in [0.15, 0.2) is 0 Å². The topological polar surface area (TPSA) is 94.5 Å². The Hall–Kier alpha value is -2.25. The van der Waals surface area contributed by atoms with Crippen LogP contribution in [-0.4, -0.2) is 41.0 Å². The zero-order valence-corrected chi connectivity index (χ0v) is 14.9. The van der Waals surface area contributed by atoms with Crippen LogP contribution in [0.15, 0.2) is 35.2 Å². The van der Waals surface area contributed by atoms with E-state index in [1.54, 1.807) is 31.8 Å². The van der Waals surface area contributed by atoms with E-state index >= 15 is 0 Å². The highest BCUT2D eigenvalue weighted by atomic mass is 16.5. The number of hydrogen-bond acceptors (Lipinski definition) is 6. The average molecular weight is 356 g/mol. The second kappa shape index (κ2) is 6.81. The normalized spacial score (nSPS) is 28.8. The molecule has 1 saturated carbocycles. The monoisotopic (exact) mass is 356 g/mol. The molecule has 2 N–H and O–H groups in total. The van der Waals surface area contributed by atoms with Gasteiger partial charge in [0.25, 0.3) is 5.91 Å². The van der Waals surface area contributed by atoms with Crippen molar-refractivity contribution in [3.8, 4) is 0 Å². The molecule has 7 heteroatoms. The number of nitrogens with two attached hydrogens (primary N) is 1. The van der Waals surface area contributed by atoms with Crippen LogP contribution in [0.5, 0.6) is 0 Å². The first-order chi connectivity index (χ1) is 12.6. The molecule has 26 heavy (non-hydrogen) atoms. The summed E-state index contributed by atoms with van der Waals surface area (Å²) in [5, 5.41) is 0. The van der Waals surface area contributed by atoms with E-state index in [1.165, 1.54) is 6.42 Å². The van der Waals surface area contributed by atoms with Crippen molar-refractivity contribution < 1.29 is 13.9 Å². The number of piperidine rings is 1. The number of primary amides is 1. The van der Waals surface area contributed by atoms with Crippen molar-refractivity contribution in [2.45, 2.75) is 31.4 Å². The molecule has 1 aliphatic heterocycles. The lowest BCUT2D eigenvalue weighted by molar-refractivity contribution is -0.171. The summed E-state index contributed by atoms with van der Waals surface area (Å²) in [6, 6.07) is 3.77. The van der Waals surface area contributed by atoms with Crippen LogP contribution in [0.4, 0.5) is 0 Å². The number of carbonyl (C=O) groups is 1. The van der Waals surface area contributed by atoms with Crippen LogP contribution in [0.3, 0.4) is 0 Å². The van der Waals surface area contributed by atoms with Gasteiger partial charge in [0.2, 0.25) is 5.89 Å². The number of oxazole rings is 1. The van der Waals surface area contributed by atoms with Crippen molar-refractivity contribution in [3.63, 3.8) is 0 Å². The molecule has 1 aliphatic carbocycles. The summed E-state index contributed by atoms with van der Waals surface area (Å²) in [6.45, 7) is 2.52. The van der Waals surface area contributed by atoms with Gasteiger partial charge >= 0.3 is 0 Å². The molecule has 4 rings (SSSR count). The highest BCUT2D eigenvalue weighted by Crippen LogP contribution is 2.51. The first kappa shape index (κ1) is 17.2. The number of amides is 1. The quantitative estimate of drug-likeness (QED) is 0.880. The minimum atomic E-state index is -0.510. The fourth-order valence-electron chi connectivity index (χ4n) is 4.91. The predicted molar refractivity (Wildman–Crippen MR) is 94.1 cm³/mol. The number of rotatable bonds is 5. The van der Waals surface area contributed by atoms with E-state index in [9.17, 15) is 4.79 Å². The Morgan fingerprint density at radius 1 is 1.35 bits per heavy atom. The number of carbonyl (C=O) groups excluding carboxylic acids is 1. The van der Waals surface area contributed by atoms with Crippen molar-refractivity contribution >= 4 is 5.91 Å². The number of nitrogens with zero attached hydrogens (tertiary/aromatic N) is 3. The Morgan fingerprint density at radius 2 is 2.12 bits per heavy atom. The molecule has 2 aliphatic rings. The van der Waals surface area contributed by atoms with Crippen LogP contribution >= 0.6 is 0 Å². The van der Waals surface area contributed by atoms with Crippen molar-refractivity contribution in [1.29, 1.82) is 0 Å². The molecular formula is C19H24N4O3. The molecule has 2 unspecified atom stereocenters. The summed E-state index contributed by atoms with van der Waals surface area (Å²) < 4.78 is 11.6. The summed E-state index contributed by atoms with van der Waals surface area (Å²) in [4.78, 5) is 22.3. The average Bonchev–Trinajstić information content (AvgIpc) is 3.14. The van der Waals surface area contributed by atoms with Gasteiger partial charge in [0, 0.05) is 38.2 Å². The van der Waals surface area contributed by atoms with Crippen molar-refractivity contribution in [2.75, 3.05) is 20.2 Å². The van der Waals surface area contributed by atoms with Crippen molar-refractivity contribution in [2.24, 2.45) is 17.6 Å². The molecule has 2 fully saturated rings. The van der Waals surface area contributed by atoms with Gasteiger partial charge in [-0.05, 0) is 30.5 Å². The molecule has 3 heterocycles. The first-order valence-electron chi connectivity index (χ1n) is 9.05. The lowest BCUT2D eigenvalue weighted by Gasteiger charge is -2.55. The third-order valence-corrected chi connectivity index (χ3v) is 5.92. The van der Waals surface area contributed by atoms with E-state index in [0.29, 0.717) is 24.1 Å². The van der Waals surface area contributed by atoms with Crippen LogP contribution in [0.25, 0.3) is 0 Å². The summed E-state index contributed by atoms with van der Waals surface area (Å²) in [5.41, 5.74) is 6.34. The number of pyridine rings is 1. The Morgan fingerprint density at radius 3 is 2.73 bits per heavy atom. The maximum absolute atomic E-state index is 11.6. The highest BCUT2D eigenvalue weighted by Gasteiger charge is 2.53. The summed E-state index contributed by atoms with van der Waals surface area (Å²) in [6.07, 6.45) is 8.32. The Bertz CT molecular complexity index is 763. The third-order valence-electron chi connectivity index (χ3n) is 5.92. The molecule has 7 nitrogen and oxygen atoms in total. The molecule has 0 radical (unpaired) electrons. The standard InChI is InChI=1S/C19H24N4O3/c1-25-19(13-5-6-21-16(9-13)18(20)24)14-3-2-4-15(19)11-23(10-14)12-17-22-7-8-26-17/h5-9,14-15H,2-4,10-12H2,1H3,(H2,20,24). The molecule has 2 aromatic rings. The largest absolute Gasteiger partial charge is 0.448 e. The number of likely N-dealkylation sites (tertiary alicyclic amines) is 1.